The third-order valence-corrected chi connectivity index (χ3v) is 15.6. The molecule has 0 aliphatic heterocycles. The molecule has 0 aromatic rings. The second kappa shape index (κ2) is 66.3. The number of phosphoric acid groups is 1. The molecule has 0 saturated heterocycles. The third kappa shape index (κ3) is 69.2. The Balaban J connectivity index is 4.28. The van der Waals surface area contributed by atoms with Crippen molar-refractivity contribution in [3.63, 3.8) is 0 Å². The molecule has 9 heteroatoms. The van der Waals surface area contributed by atoms with Gasteiger partial charge in [-0.15, -0.1) is 0 Å². The van der Waals surface area contributed by atoms with Gasteiger partial charge in [0.2, 0.25) is 5.91 Å². The van der Waals surface area contributed by atoms with Gasteiger partial charge in [-0.05, 0) is 122 Å². The molecule has 0 bridgehead atoms. The summed E-state index contributed by atoms with van der Waals surface area (Å²) in [7, 11) is 1.19. The van der Waals surface area contributed by atoms with Crippen molar-refractivity contribution in [1.29, 1.82) is 0 Å². The zero-order chi connectivity index (χ0) is 63.4. The van der Waals surface area contributed by atoms with E-state index >= 15 is 0 Å². The summed E-state index contributed by atoms with van der Waals surface area (Å²) in [6, 6.07) is -0.942. The van der Waals surface area contributed by atoms with Gasteiger partial charge in [-0.3, -0.25) is 9.36 Å². The van der Waals surface area contributed by atoms with Gasteiger partial charge in [0, 0.05) is 6.42 Å². The molecular formula is C78H131N2O6P. The molecule has 0 radical (unpaired) electrons. The van der Waals surface area contributed by atoms with E-state index in [-0.39, 0.29) is 18.9 Å². The monoisotopic (exact) mass is 1220 g/mol. The number of carbonyl (C=O) groups excluding carboxylic acids is 1. The van der Waals surface area contributed by atoms with Crippen molar-refractivity contribution in [2.24, 2.45) is 0 Å². The quantitative estimate of drug-likeness (QED) is 0.0272. The van der Waals surface area contributed by atoms with E-state index in [1.165, 1.54) is 128 Å². The van der Waals surface area contributed by atoms with Gasteiger partial charge in [-0.2, -0.15) is 0 Å². The first-order valence-electron chi connectivity index (χ1n) is 35.0. The SMILES string of the molecule is CC/C=C\C/C=C\C/C=C\C/C=C\C/C=C\C/C=C\C/C=C\C/C=C\C/C=C\C/C=C\C/C=C\C/C=C\CCCCC(=O)NC(COP(=O)([O-])OCC[N+](C)(C)C)C(O)/C=C/CC/C=C/CCCCCCCCCCCCCCCCCCCCCC. The van der Waals surface area contributed by atoms with Gasteiger partial charge >= 0.3 is 0 Å². The van der Waals surface area contributed by atoms with E-state index in [9.17, 15) is 19.4 Å². The predicted octanol–water partition coefficient (Wildman–Crippen LogP) is 22.1. The number of hydrogen-bond acceptors (Lipinski definition) is 6. The number of likely N-dealkylation sites (N-methyl/N-ethyl adjacent to an activating group) is 1. The highest BCUT2D eigenvalue weighted by molar-refractivity contribution is 7.45. The summed E-state index contributed by atoms with van der Waals surface area (Å²) in [4.78, 5) is 25.6. The maximum Gasteiger partial charge on any atom is 0.268 e. The lowest BCUT2D eigenvalue weighted by Crippen LogP contribution is -2.45. The van der Waals surface area contributed by atoms with Gasteiger partial charge in [-0.25, -0.2) is 0 Å². The summed E-state index contributed by atoms with van der Waals surface area (Å²) in [5, 5.41) is 13.9. The van der Waals surface area contributed by atoms with Crippen LogP contribution in [-0.4, -0.2) is 68.5 Å². The lowest BCUT2D eigenvalue weighted by Gasteiger charge is -2.29. The van der Waals surface area contributed by atoms with Crippen LogP contribution >= 0.6 is 7.82 Å². The van der Waals surface area contributed by atoms with Crippen molar-refractivity contribution in [2.45, 2.75) is 276 Å². The van der Waals surface area contributed by atoms with Crippen molar-refractivity contribution in [3.05, 3.63) is 170 Å². The van der Waals surface area contributed by atoms with Crippen molar-refractivity contribution < 1.29 is 32.9 Å². The fourth-order valence-electron chi connectivity index (χ4n) is 9.27. The molecule has 0 aromatic carbocycles. The summed E-state index contributed by atoms with van der Waals surface area (Å²) in [5.41, 5.74) is 0. The van der Waals surface area contributed by atoms with Crippen molar-refractivity contribution >= 4 is 13.7 Å². The predicted molar refractivity (Wildman–Crippen MR) is 380 cm³/mol. The molecule has 2 N–H and O–H groups in total. The maximum atomic E-state index is 13.0. The average Bonchev–Trinajstić information content (AvgIpc) is 3.69. The number of nitrogens with one attached hydrogen (secondary N) is 1. The smallest absolute Gasteiger partial charge is 0.268 e. The van der Waals surface area contributed by atoms with Crippen molar-refractivity contribution in [3.8, 4) is 0 Å². The molecule has 8 nitrogen and oxygen atoms in total. The van der Waals surface area contributed by atoms with Gasteiger partial charge in [0.25, 0.3) is 7.82 Å². The highest BCUT2D eigenvalue weighted by Crippen LogP contribution is 2.38. The minimum absolute atomic E-state index is 0.0241. The molecule has 3 unspecified atom stereocenters. The topological polar surface area (TPSA) is 108 Å². The Morgan fingerprint density at radius 3 is 1.07 bits per heavy atom. The average molecular weight is 1220 g/mol. The van der Waals surface area contributed by atoms with Crippen molar-refractivity contribution in [1.82, 2.24) is 5.32 Å². The second-order valence-corrected chi connectivity index (χ2v) is 25.6. The summed E-state index contributed by atoms with van der Waals surface area (Å²) < 4.78 is 23.4. The van der Waals surface area contributed by atoms with Crippen LogP contribution < -0.4 is 10.2 Å². The van der Waals surface area contributed by atoms with Crippen LogP contribution in [-0.2, 0) is 18.4 Å². The summed E-state index contributed by atoms with van der Waals surface area (Å²) in [6.07, 6.45) is 105. The largest absolute Gasteiger partial charge is 0.756 e. The Kier molecular flexibility index (Phi) is 63.1. The molecule has 494 valence electrons. The van der Waals surface area contributed by atoms with Crippen LogP contribution in [0.2, 0.25) is 0 Å². The highest BCUT2D eigenvalue weighted by atomic mass is 31.2. The van der Waals surface area contributed by atoms with Gasteiger partial charge < -0.3 is 28.8 Å². The van der Waals surface area contributed by atoms with E-state index in [1.54, 1.807) is 6.08 Å². The minimum Gasteiger partial charge on any atom is -0.756 e. The molecule has 0 aliphatic carbocycles. The Morgan fingerprint density at radius 2 is 0.713 bits per heavy atom. The molecular weight excluding hydrogens is 1090 g/mol. The highest BCUT2D eigenvalue weighted by Gasteiger charge is 2.23. The van der Waals surface area contributed by atoms with Gasteiger partial charge in [-0.1, -0.05) is 306 Å². The van der Waals surface area contributed by atoms with Crippen LogP contribution in [0.1, 0.15) is 264 Å². The fourth-order valence-corrected chi connectivity index (χ4v) is 9.99. The number of hydrogen-bond donors (Lipinski definition) is 2. The van der Waals surface area contributed by atoms with Crippen LogP contribution in [0.15, 0.2) is 170 Å². The van der Waals surface area contributed by atoms with Crippen LogP contribution in [0.25, 0.3) is 0 Å². The van der Waals surface area contributed by atoms with E-state index in [1.807, 2.05) is 27.2 Å². The number of nitrogens with zero attached hydrogens (tertiary/aromatic N) is 1. The number of unbranched alkanes of at least 4 members (excludes halogenated alkanes) is 23. The van der Waals surface area contributed by atoms with E-state index < -0.39 is 26.6 Å². The number of quaternary nitrogens is 1. The Morgan fingerprint density at radius 1 is 0.414 bits per heavy atom. The summed E-state index contributed by atoms with van der Waals surface area (Å²) in [5.74, 6) is -0.254. The Bertz CT molecular complexity index is 2020. The molecule has 0 fully saturated rings. The normalized spacial score (nSPS) is 14.7. The number of aliphatic hydroxyl groups is 1. The molecule has 0 aliphatic rings. The number of carbonyl (C=O) groups is 1. The Labute approximate surface area is 536 Å². The number of phosphoric ester groups is 1. The van der Waals surface area contributed by atoms with Crippen LogP contribution in [0.3, 0.4) is 0 Å². The first-order chi connectivity index (χ1) is 42.5. The minimum atomic E-state index is -4.64. The molecule has 1 amide bonds. The number of rotatable bonds is 62. The van der Waals surface area contributed by atoms with E-state index in [0.29, 0.717) is 17.4 Å². The van der Waals surface area contributed by atoms with Crippen LogP contribution in [0, 0.1) is 0 Å². The number of amides is 1. The van der Waals surface area contributed by atoms with Gasteiger partial charge in [0.15, 0.2) is 0 Å². The van der Waals surface area contributed by atoms with Gasteiger partial charge in [0.05, 0.1) is 39.9 Å². The van der Waals surface area contributed by atoms with E-state index in [0.717, 1.165) is 109 Å². The standard InChI is InChI=1S/C78H131N2O6P/c1-6-8-10-12-14-16-18-20-22-24-26-28-30-32-34-35-36-37-38-39-40-41-42-43-44-45-46-48-50-52-54-56-58-60-62-64-66-68-70-72-78(82)79-76(75-86-87(83,84)85-74-73-80(3,4)5)77(81)71-69-67-65-63-61-59-57-55-53-51-49-47-33-31-29-27-25-23-21-19-17-15-13-11-9-7-2/h8,10,14,16,20,22,26,28,32,34,36-37,39-40,42-43,45-46,50,52,56,58,61-64,69,71,76-77,81H,6-7,9,11-13,15,17-19,21,23-25,27,29-31,33,35,38,41,44,47-49,51,53-55,57,59-60,65-68,70,72-75H2,1-5H3,(H-,79,82,83,84)/b10-8-,16-14-,22-20-,28-26-,34-32-,37-36-,40-39-,43-42-,46-45-,52-50-,58-56-,63-61+,64-62-,71-69+. The number of allylic oxidation sites excluding steroid dienone is 27. The second-order valence-electron chi connectivity index (χ2n) is 24.1. The molecule has 0 heterocycles. The maximum absolute atomic E-state index is 13.0. The molecule has 0 saturated carbocycles. The van der Waals surface area contributed by atoms with Gasteiger partial charge in [0.1, 0.15) is 13.2 Å². The molecule has 87 heavy (non-hydrogen) atoms. The number of aliphatic hydroxyl groups excluding tert-OH is 1. The first-order valence-corrected chi connectivity index (χ1v) is 36.5. The molecule has 0 rings (SSSR count). The molecule has 0 aromatic heterocycles. The Hall–Kier alpha value is -4.14. The molecule has 3 atom stereocenters. The third-order valence-electron chi connectivity index (χ3n) is 14.7. The summed E-state index contributed by atoms with van der Waals surface area (Å²) >= 11 is 0. The lowest BCUT2D eigenvalue weighted by atomic mass is 10.0. The van der Waals surface area contributed by atoms with Crippen LogP contribution in [0.4, 0.5) is 0 Å². The fraction of sp³-hybridized carbons (Fsp3) is 0.628. The van der Waals surface area contributed by atoms with Crippen molar-refractivity contribution in [2.75, 3.05) is 40.9 Å². The lowest BCUT2D eigenvalue weighted by molar-refractivity contribution is -0.870. The zero-order valence-corrected chi connectivity index (χ0v) is 57.3. The zero-order valence-electron chi connectivity index (χ0n) is 56.4. The van der Waals surface area contributed by atoms with Crippen LogP contribution in [0.5, 0.6) is 0 Å². The first kappa shape index (κ1) is 82.9. The van der Waals surface area contributed by atoms with E-state index in [4.69, 9.17) is 9.05 Å². The summed E-state index contributed by atoms with van der Waals surface area (Å²) in [6.45, 7) is 4.48. The molecule has 0 spiro atoms. The van der Waals surface area contributed by atoms with E-state index in [2.05, 4.69) is 177 Å².